The smallest absolute Gasteiger partial charge is 0.272 e. The van der Waals surface area contributed by atoms with Gasteiger partial charge in [0.25, 0.3) is 5.91 Å². The summed E-state index contributed by atoms with van der Waals surface area (Å²) in [6, 6.07) is 17.7. The van der Waals surface area contributed by atoms with Crippen LogP contribution in [0.4, 0.5) is 0 Å². The van der Waals surface area contributed by atoms with Crippen LogP contribution >= 0.6 is 11.3 Å². The summed E-state index contributed by atoms with van der Waals surface area (Å²) in [7, 11) is 1.68. The molecule has 1 unspecified atom stereocenters. The third-order valence-corrected chi connectivity index (χ3v) is 6.69. The molecule has 30 heavy (non-hydrogen) atoms. The number of likely N-dealkylation sites (tertiary alicyclic amines) is 1. The van der Waals surface area contributed by atoms with Crippen molar-refractivity contribution in [3.05, 3.63) is 77.4 Å². The summed E-state index contributed by atoms with van der Waals surface area (Å²) in [5.74, 6) is -0.128. The summed E-state index contributed by atoms with van der Waals surface area (Å²) in [6.07, 6.45) is 3.75. The first kappa shape index (κ1) is 20.3. The van der Waals surface area contributed by atoms with Crippen LogP contribution in [0.2, 0.25) is 0 Å². The molecule has 3 heterocycles. The van der Waals surface area contributed by atoms with E-state index in [1.807, 2.05) is 24.3 Å². The van der Waals surface area contributed by atoms with Crippen molar-refractivity contribution in [2.45, 2.75) is 19.3 Å². The Bertz CT molecular complexity index is 1020. The van der Waals surface area contributed by atoms with Crippen LogP contribution in [-0.2, 0) is 11.2 Å². The predicted octanol–water partition coefficient (Wildman–Crippen LogP) is 4.02. The predicted molar refractivity (Wildman–Crippen MR) is 119 cm³/mol. The lowest BCUT2D eigenvalue weighted by atomic mass is 9.73. The molecule has 2 amide bonds. The Labute approximate surface area is 180 Å². The maximum Gasteiger partial charge on any atom is 0.272 e. The minimum atomic E-state index is -0.662. The fraction of sp³-hybridized carbons (Fsp3) is 0.292. The van der Waals surface area contributed by atoms with E-state index >= 15 is 0 Å². The van der Waals surface area contributed by atoms with Gasteiger partial charge in [0, 0.05) is 31.2 Å². The van der Waals surface area contributed by atoms with Crippen molar-refractivity contribution < 1.29 is 9.59 Å². The summed E-state index contributed by atoms with van der Waals surface area (Å²) >= 11 is 1.69. The SMILES string of the molecule is CNC(=O)C1(Cc2ccccc2-c2cccs2)CCCN(C(=O)c2ccccn2)C1. The van der Waals surface area contributed by atoms with Crippen LogP contribution in [0.3, 0.4) is 0 Å². The number of nitrogens with zero attached hydrogens (tertiary/aromatic N) is 2. The molecule has 6 heteroatoms. The van der Waals surface area contributed by atoms with Crippen molar-refractivity contribution in [1.82, 2.24) is 15.2 Å². The molecule has 1 N–H and O–H groups in total. The highest BCUT2D eigenvalue weighted by Crippen LogP contribution is 2.38. The van der Waals surface area contributed by atoms with Crippen LogP contribution in [-0.4, -0.2) is 41.8 Å². The first-order valence-corrected chi connectivity index (χ1v) is 11.1. The molecule has 3 aromatic rings. The molecule has 154 valence electrons. The molecule has 1 aliphatic rings. The molecule has 1 aliphatic heterocycles. The number of carbonyl (C=O) groups excluding carboxylic acids is 2. The first-order chi connectivity index (χ1) is 14.6. The van der Waals surface area contributed by atoms with Gasteiger partial charge in [0.1, 0.15) is 5.69 Å². The van der Waals surface area contributed by atoms with Crippen molar-refractivity contribution in [3.8, 4) is 10.4 Å². The number of pyridine rings is 1. The minimum Gasteiger partial charge on any atom is -0.359 e. The van der Waals surface area contributed by atoms with Crippen LogP contribution in [0, 0.1) is 5.41 Å². The van der Waals surface area contributed by atoms with Crippen molar-refractivity contribution in [2.75, 3.05) is 20.1 Å². The zero-order chi connectivity index (χ0) is 21.0. The summed E-state index contributed by atoms with van der Waals surface area (Å²) < 4.78 is 0. The number of hydrogen-bond acceptors (Lipinski definition) is 4. The van der Waals surface area contributed by atoms with Gasteiger partial charge in [-0.05, 0) is 54.0 Å². The Morgan fingerprint density at radius 2 is 1.97 bits per heavy atom. The molecule has 1 aromatic carbocycles. The normalized spacial score (nSPS) is 18.8. The van der Waals surface area contributed by atoms with Gasteiger partial charge in [-0.2, -0.15) is 0 Å². The second-order valence-corrected chi connectivity index (χ2v) is 8.66. The van der Waals surface area contributed by atoms with Gasteiger partial charge >= 0.3 is 0 Å². The van der Waals surface area contributed by atoms with Crippen molar-refractivity contribution in [3.63, 3.8) is 0 Å². The quantitative estimate of drug-likeness (QED) is 0.679. The number of hydrogen-bond donors (Lipinski definition) is 1. The van der Waals surface area contributed by atoms with E-state index in [-0.39, 0.29) is 11.8 Å². The van der Waals surface area contributed by atoms with Gasteiger partial charge in [0.2, 0.25) is 5.91 Å². The largest absolute Gasteiger partial charge is 0.359 e. The van der Waals surface area contributed by atoms with Gasteiger partial charge < -0.3 is 10.2 Å². The van der Waals surface area contributed by atoms with Crippen LogP contribution in [0.15, 0.2) is 66.2 Å². The average molecular weight is 420 g/mol. The number of thiophene rings is 1. The van der Waals surface area contributed by atoms with E-state index in [0.717, 1.165) is 24.0 Å². The molecule has 4 rings (SSSR count). The molecule has 0 radical (unpaired) electrons. The third kappa shape index (κ3) is 4.00. The fourth-order valence-electron chi connectivity index (χ4n) is 4.34. The Hall–Kier alpha value is -2.99. The van der Waals surface area contributed by atoms with E-state index in [1.165, 1.54) is 4.88 Å². The molecule has 1 fully saturated rings. The molecule has 0 aliphatic carbocycles. The van der Waals surface area contributed by atoms with E-state index < -0.39 is 5.41 Å². The van der Waals surface area contributed by atoms with Gasteiger partial charge in [-0.1, -0.05) is 36.4 Å². The lowest BCUT2D eigenvalue weighted by Crippen LogP contribution is -2.54. The molecule has 0 spiro atoms. The summed E-state index contributed by atoms with van der Waals surface area (Å²) in [5, 5.41) is 4.92. The number of aromatic nitrogens is 1. The number of benzene rings is 1. The van der Waals surface area contributed by atoms with Crippen molar-refractivity contribution in [2.24, 2.45) is 5.41 Å². The number of nitrogens with one attached hydrogen (secondary N) is 1. The first-order valence-electron chi connectivity index (χ1n) is 10.2. The molecule has 0 saturated carbocycles. The van der Waals surface area contributed by atoms with E-state index in [2.05, 4.69) is 33.9 Å². The molecular formula is C24H25N3O2S. The highest BCUT2D eigenvalue weighted by Gasteiger charge is 2.43. The average Bonchev–Trinajstić information content (AvgIpc) is 3.34. The van der Waals surface area contributed by atoms with E-state index in [0.29, 0.717) is 25.2 Å². The number of piperidine rings is 1. The fourth-order valence-corrected chi connectivity index (χ4v) is 5.13. The molecule has 5 nitrogen and oxygen atoms in total. The highest BCUT2D eigenvalue weighted by molar-refractivity contribution is 7.13. The monoisotopic (exact) mass is 419 g/mol. The van der Waals surface area contributed by atoms with Crippen LogP contribution in [0.5, 0.6) is 0 Å². The Morgan fingerprint density at radius 3 is 2.70 bits per heavy atom. The van der Waals surface area contributed by atoms with Gasteiger partial charge in [0.15, 0.2) is 0 Å². The van der Waals surface area contributed by atoms with E-state index in [4.69, 9.17) is 0 Å². The molecular weight excluding hydrogens is 394 g/mol. The van der Waals surface area contributed by atoms with Crippen molar-refractivity contribution >= 4 is 23.2 Å². The standard InChI is InChI=1S/C24H25N3O2S/c1-25-23(29)24(16-18-8-2-3-9-19(18)21-11-6-15-30-21)12-7-14-27(17-24)22(28)20-10-4-5-13-26-20/h2-6,8-11,13,15H,7,12,14,16-17H2,1H3,(H,25,29). The highest BCUT2D eigenvalue weighted by atomic mass is 32.1. The van der Waals surface area contributed by atoms with Crippen LogP contribution in [0.1, 0.15) is 28.9 Å². The molecule has 1 saturated heterocycles. The maximum absolute atomic E-state index is 13.1. The Kier molecular flexibility index (Phi) is 5.95. The Morgan fingerprint density at radius 1 is 1.13 bits per heavy atom. The third-order valence-electron chi connectivity index (χ3n) is 5.79. The van der Waals surface area contributed by atoms with Gasteiger partial charge in [0.05, 0.1) is 5.41 Å². The summed E-state index contributed by atoms with van der Waals surface area (Å²) in [4.78, 5) is 33.4. The summed E-state index contributed by atoms with van der Waals surface area (Å²) in [6.45, 7) is 1.03. The molecule has 1 atom stereocenters. The van der Waals surface area contributed by atoms with Crippen molar-refractivity contribution in [1.29, 1.82) is 0 Å². The summed E-state index contributed by atoms with van der Waals surface area (Å²) in [5.41, 5.74) is 2.05. The van der Waals surface area contributed by atoms with E-state index in [1.54, 1.807) is 41.6 Å². The zero-order valence-electron chi connectivity index (χ0n) is 17.0. The van der Waals surface area contributed by atoms with E-state index in [9.17, 15) is 9.59 Å². The second-order valence-electron chi connectivity index (χ2n) is 7.72. The lowest BCUT2D eigenvalue weighted by Gasteiger charge is -2.41. The zero-order valence-corrected chi connectivity index (χ0v) is 17.8. The van der Waals surface area contributed by atoms with Gasteiger partial charge in [-0.25, -0.2) is 0 Å². The molecule has 0 bridgehead atoms. The Balaban J connectivity index is 1.66. The maximum atomic E-state index is 13.1. The number of amides is 2. The number of rotatable bonds is 5. The number of carbonyl (C=O) groups is 2. The minimum absolute atomic E-state index is 0.0120. The van der Waals surface area contributed by atoms with Gasteiger partial charge in [-0.15, -0.1) is 11.3 Å². The van der Waals surface area contributed by atoms with Crippen LogP contribution in [0.25, 0.3) is 10.4 Å². The molecule has 2 aromatic heterocycles. The topological polar surface area (TPSA) is 62.3 Å². The van der Waals surface area contributed by atoms with Gasteiger partial charge in [-0.3, -0.25) is 14.6 Å². The second kappa shape index (κ2) is 8.79. The van der Waals surface area contributed by atoms with Crippen LogP contribution < -0.4 is 5.32 Å². The lowest BCUT2D eigenvalue weighted by molar-refractivity contribution is -0.133.